The van der Waals surface area contributed by atoms with Gasteiger partial charge in [0.1, 0.15) is 13.2 Å². The summed E-state index contributed by atoms with van der Waals surface area (Å²) < 4.78 is 43.4. The molecule has 0 unspecified atom stereocenters. The van der Waals surface area contributed by atoms with Gasteiger partial charge in [-0.3, -0.25) is 4.55 Å². The van der Waals surface area contributed by atoms with E-state index in [0.717, 1.165) is 43.9 Å². The van der Waals surface area contributed by atoms with Gasteiger partial charge in [0.2, 0.25) is 0 Å². The SMILES string of the molecule is CCCCCCCCCCCC/C=C/COC(=O)c1ccc(S(=O)(=O)O)cc1C(=O)OC/C=C/CCCCCCCCCCCC. The zero-order valence-electron chi connectivity index (χ0n) is 28.8. The first kappa shape index (κ1) is 41.6. The lowest BCUT2D eigenvalue weighted by atomic mass is 10.1. The molecule has 0 saturated carbocycles. The fraction of sp³-hybridized carbons (Fsp3) is 0.684. The molecule has 8 heteroatoms. The summed E-state index contributed by atoms with van der Waals surface area (Å²) in [6, 6.07) is 3.18. The van der Waals surface area contributed by atoms with Crippen molar-refractivity contribution in [2.24, 2.45) is 0 Å². The molecule has 262 valence electrons. The second-order valence-electron chi connectivity index (χ2n) is 12.3. The van der Waals surface area contributed by atoms with Crippen molar-refractivity contribution in [3.63, 3.8) is 0 Å². The van der Waals surface area contributed by atoms with Gasteiger partial charge in [0.05, 0.1) is 16.0 Å². The fourth-order valence-corrected chi connectivity index (χ4v) is 5.81. The van der Waals surface area contributed by atoms with E-state index in [1.165, 1.54) is 116 Å². The predicted molar refractivity (Wildman–Crippen MR) is 188 cm³/mol. The van der Waals surface area contributed by atoms with Gasteiger partial charge in [-0.2, -0.15) is 8.42 Å². The van der Waals surface area contributed by atoms with Crippen molar-refractivity contribution >= 4 is 22.1 Å². The van der Waals surface area contributed by atoms with Crippen molar-refractivity contribution in [2.75, 3.05) is 13.2 Å². The molecule has 7 nitrogen and oxygen atoms in total. The molecule has 0 radical (unpaired) electrons. The van der Waals surface area contributed by atoms with Gasteiger partial charge >= 0.3 is 11.9 Å². The molecule has 0 saturated heterocycles. The van der Waals surface area contributed by atoms with Crippen LogP contribution in [0.4, 0.5) is 0 Å². The summed E-state index contributed by atoms with van der Waals surface area (Å²) in [6.45, 7) is 4.49. The number of hydrogen-bond acceptors (Lipinski definition) is 6. The van der Waals surface area contributed by atoms with E-state index >= 15 is 0 Å². The molecule has 1 rings (SSSR count). The van der Waals surface area contributed by atoms with Gasteiger partial charge in [-0.25, -0.2) is 9.59 Å². The minimum atomic E-state index is -4.58. The molecular weight excluding hydrogens is 600 g/mol. The Morgan fingerprint density at radius 2 is 0.935 bits per heavy atom. The largest absolute Gasteiger partial charge is 0.458 e. The molecule has 0 aliphatic heterocycles. The van der Waals surface area contributed by atoms with Crippen LogP contribution in [-0.4, -0.2) is 38.1 Å². The number of carbonyl (C=O) groups is 2. The van der Waals surface area contributed by atoms with Gasteiger partial charge in [-0.1, -0.05) is 154 Å². The zero-order chi connectivity index (χ0) is 33.7. The van der Waals surface area contributed by atoms with Crippen molar-refractivity contribution in [3.8, 4) is 0 Å². The smallest absolute Gasteiger partial charge is 0.339 e. The van der Waals surface area contributed by atoms with E-state index in [0.29, 0.717) is 0 Å². The molecule has 0 bridgehead atoms. The maximum absolute atomic E-state index is 12.8. The molecule has 46 heavy (non-hydrogen) atoms. The molecule has 0 spiro atoms. The van der Waals surface area contributed by atoms with Crippen molar-refractivity contribution in [3.05, 3.63) is 53.6 Å². The molecular formula is C38H62O7S. The number of benzene rings is 1. The summed E-state index contributed by atoms with van der Waals surface area (Å²) in [7, 11) is -4.58. The number of unbranched alkanes of at least 4 members (excludes halogenated alkanes) is 20. The van der Waals surface area contributed by atoms with Gasteiger partial charge in [0, 0.05) is 0 Å². The van der Waals surface area contributed by atoms with Crippen molar-refractivity contribution < 1.29 is 32.0 Å². The minimum Gasteiger partial charge on any atom is -0.458 e. The predicted octanol–water partition coefficient (Wildman–Crippen LogP) is 11.0. The average Bonchev–Trinajstić information content (AvgIpc) is 3.04. The third kappa shape index (κ3) is 21.4. The van der Waals surface area contributed by atoms with Crippen LogP contribution < -0.4 is 0 Å². The van der Waals surface area contributed by atoms with Crippen LogP contribution in [0.1, 0.15) is 176 Å². The van der Waals surface area contributed by atoms with Crippen LogP contribution >= 0.6 is 0 Å². The van der Waals surface area contributed by atoms with Crippen molar-refractivity contribution in [1.29, 1.82) is 0 Å². The third-order valence-electron chi connectivity index (χ3n) is 8.13. The maximum atomic E-state index is 12.8. The minimum absolute atomic E-state index is 0.0110. The number of rotatable bonds is 29. The third-order valence-corrected chi connectivity index (χ3v) is 8.98. The number of allylic oxidation sites excluding steroid dienone is 2. The van der Waals surface area contributed by atoms with E-state index in [4.69, 9.17) is 9.47 Å². The summed E-state index contributed by atoms with van der Waals surface area (Å²) in [4.78, 5) is 25.1. The van der Waals surface area contributed by atoms with Crippen LogP contribution in [0, 0.1) is 0 Å². The lowest BCUT2D eigenvalue weighted by molar-refractivity contribution is 0.0502. The Morgan fingerprint density at radius 1 is 0.565 bits per heavy atom. The molecule has 0 amide bonds. The average molecular weight is 663 g/mol. The zero-order valence-corrected chi connectivity index (χ0v) is 29.6. The highest BCUT2D eigenvalue weighted by Gasteiger charge is 2.23. The van der Waals surface area contributed by atoms with Gasteiger partial charge in [0.25, 0.3) is 10.1 Å². The second-order valence-corrected chi connectivity index (χ2v) is 13.7. The van der Waals surface area contributed by atoms with E-state index in [1.54, 1.807) is 12.2 Å². The molecule has 0 atom stereocenters. The van der Waals surface area contributed by atoms with Crippen LogP contribution in [-0.2, 0) is 19.6 Å². The maximum Gasteiger partial charge on any atom is 0.339 e. The fourth-order valence-electron chi connectivity index (χ4n) is 5.30. The quantitative estimate of drug-likeness (QED) is 0.0393. The summed E-state index contributed by atoms with van der Waals surface area (Å²) in [5.41, 5.74) is -0.382. The topological polar surface area (TPSA) is 107 Å². The molecule has 1 aromatic carbocycles. The van der Waals surface area contributed by atoms with Crippen molar-refractivity contribution in [2.45, 2.75) is 160 Å². The summed E-state index contributed by atoms with van der Waals surface area (Å²) >= 11 is 0. The van der Waals surface area contributed by atoms with E-state index in [-0.39, 0.29) is 24.3 Å². The number of carbonyl (C=O) groups excluding carboxylic acids is 2. The number of esters is 2. The Bertz CT molecular complexity index is 1110. The van der Waals surface area contributed by atoms with Crippen LogP contribution in [0.5, 0.6) is 0 Å². The molecule has 1 N–H and O–H groups in total. The van der Waals surface area contributed by atoms with Gasteiger partial charge in [-0.05, 0) is 43.9 Å². The Balaban J connectivity index is 2.41. The van der Waals surface area contributed by atoms with E-state index in [2.05, 4.69) is 13.8 Å². The van der Waals surface area contributed by atoms with Crippen LogP contribution in [0.2, 0.25) is 0 Å². The molecule has 0 aliphatic rings. The summed E-state index contributed by atoms with van der Waals surface area (Å²) in [6.07, 6.45) is 34.7. The van der Waals surface area contributed by atoms with E-state index < -0.39 is 27.0 Å². The van der Waals surface area contributed by atoms with Gasteiger partial charge < -0.3 is 9.47 Å². The van der Waals surface area contributed by atoms with Crippen LogP contribution in [0.25, 0.3) is 0 Å². The Kier molecular flexibility index (Phi) is 25.0. The molecule has 1 aromatic rings. The lowest BCUT2D eigenvalue weighted by Gasteiger charge is -2.10. The van der Waals surface area contributed by atoms with E-state index in [1.807, 2.05) is 12.2 Å². The van der Waals surface area contributed by atoms with Crippen molar-refractivity contribution in [1.82, 2.24) is 0 Å². The standard InChI is InChI=1S/C38H62O7S/c1-3-5-7-9-11-13-15-17-19-21-23-25-27-31-44-37(39)35-30-29-34(46(41,42)43)33-36(35)38(40)45-32-28-26-24-22-20-18-16-14-12-10-8-6-4-2/h25-30,33H,3-24,31-32H2,1-2H3,(H,41,42,43)/b27-25+,28-26+. The van der Waals surface area contributed by atoms with Crippen LogP contribution in [0.15, 0.2) is 47.4 Å². The molecule has 0 fully saturated rings. The first-order valence-electron chi connectivity index (χ1n) is 18.1. The normalized spacial score (nSPS) is 11.9. The number of hydrogen-bond donors (Lipinski definition) is 1. The molecule has 0 heterocycles. The Hall–Kier alpha value is -2.45. The highest BCUT2D eigenvalue weighted by atomic mass is 32.2. The highest BCUT2D eigenvalue weighted by molar-refractivity contribution is 7.85. The summed E-state index contributed by atoms with van der Waals surface area (Å²) in [5, 5.41) is 0. The lowest BCUT2D eigenvalue weighted by Crippen LogP contribution is -2.15. The Morgan fingerprint density at radius 3 is 1.33 bits per heavy atom. The summed E-state index contributed by atoms with van der Waals surface area (Å²) in [5.74, 6) is -1.63. The van der Waals surface area contributed by atoms with E-state index in [9.17, 15) is 22.6 Å². The highest BCUT2D eigenvalue weighted by Crippen LogP contribution is 2.19. The molecule has 0 aromatic heterocycles. The Labute approximate surface area is 280 Å². The van der Waals surface area contributed by atoms with Crippen LogP contribution in [0.3, 0.4) is 0 Å². The number of ether oxygens (including phenoxy) is 2. The monoisotopic (exact) mass is 662 g/mol. The molecule has 0 aliphatic carbocycles. The van der Waals surface area contributed by atoms with Gasteiger partial charge in [0.15, 0.2) is 0 Å². The van der Waals surface area contributed by atoms with Gasteiger partial charge in [-0.15, -0.1) is 0 Å². The first-order valence-corrected chi connectivity index (χ1v) is 19.5. The first-order chi connectivity index (χ1) is 22.3. The second kappa shape index (κ2) is 27.6.